The van der Waals surface area contributed by atoms with Crippen molar-refractivity contribution < 1.29 is 0 Å². The molecule has 0 radical (unpaired) electrons. The van der Waals surface area contributed by atoms with Crippen LogP contribution in [0.25, 0.3) is 0 Å². The molecule has 0 aliphatic carbocycles. The third-order valence-corrected chi connectivity index (χ3v) is 3.65. The molecule has 0 aromatic heterocycles. The second-order valence-electron chi connectivity index (χ2n) is 5.19. The highest BCUT2D eigenvalue weighted by Gasteiger charge is 2.14. The Kier molecular flexibility index (Phi) is 5.02. The minimum absolute atomic E-state index is 0.900. The maximum atomic E-state index is 3.43. The van der Waals surface area contributed by atoms with Crippen LogP contribution in [0.4, 0.5) is 0 Å². The van der Waals surface area contributed by atoms with Crippen molar-refractivity contribution >= 4 is 0 Å². The van der Waals surface area contributed by atoms with Crippen LogP contribution in [0.3, 0.4) is 0 Å². The zero-order valence-electron chi connectivity index (χ0n) is 10.9. The van der Waals surface area contributed by atoms with Crippen LogP contribution >= 0.6 is 0 Å². The lowest BCUT2D eigenvalue weighted by molar-refractivity contribution is 0.242. The smallest absolute Gasteiger partial charge is 0.00189 e. The van der Waals surface area contributed by atoms with Crippen molar-refractivity contribution in [3.63, 3.8) is 0 Å². The number of piperidine rings is 1. The van der Waals surface area contributed by atoms with Crippen molar-refractivity contribution in [3.05, 3.63) is 35.9 Å². The van der Waals surface area contributed by atoms with Gasteiger partial charge in [-0.05, 0) is 50.9 Å². The van der Waals surface area contributed by atoms with Crippen LogP contribution in [0.1, 0.15) is 18.4 Å². The van der Waals surface area contributed by atoms with Gasteiger partial charge in [-0.2, -0.15) is 0 Å². The number of hydrogen-bond acceptors (Lipinski definition) is 2. The normalized spacial score (nSPS) is 17.5. The summed E-state index contributed by atoms with van der Waals surface area (Å²) in [6.07, 6.45) is 3.85. The number of nitrogens with one attached hydrogen (secondary N) is 1. The maximum Gasteiger partial charge on any atom is 0.00189 e. The van der Waals surface area contributed by atoms with E-state index >= 15 is 0 Å². The van der Waals surface area contributed by atoms with Gasteiger partial charge in [0.1, 0.15) is 0 Å². The predicted octanol–water partition coefficient (Wildman–Crippen LogP) is 2.16. The predicted molar refractivity (Wildman–Crippen MR) is 73.2 cm³/mol. The molecule has 1 heterocycles. The van der Waals surface area contributed by atoms with Crippen molar-refractivity contribution in [2.45, 2.75) is 19.3 Å². The fourth-order valence-electron chi connectivity index (χ4n) is 2.56. The van der Waals surface area contributed by atoms with Gasteiger partial charge in [0.15, 0.2) is 0 Å². The van der Waals surface area contributed by atoms with E-state index in [0.717, 1.165) is 5.92 Å². The first-order valence-corrected chi connectivity index (χ1v) is 6.78. The number of likely N-dealkylation sites (N-methyl/N-ethyl adjacent to an activating group) is 1. The van der Waals surface area contributed by atoms with Gasteiger partial charge in [-0.1, -0.05) is 30.3 Å². The van der Waals surface area contributed by atoms with Crippen LogP contribution in [0.2, 0.25) is 0 Å². The number of nitrogens with zero attached hydrogens (tertiary/aromatic N) is 1. The Bertz CT molecular complexity index is 304. The molecular formula is C15H24N2. The lowest BCUT2D eigenvalue weighted by Crippen LogP contribution is -2.35. The molecule has 1 fully saturated rings. The summed E-state index contributed by atoms with van der Waals surface area (Å²) in [6, 6.07) is 10.8. The van der Waals surface area contributed by atoms with Crippen molar-refractivity contribution in [2.75, 3.05) is 33.2 Å². The van der Waals surface area contributed by atoms with E-state index in [9.17, 15) is 0 Å². The van der Waals surface area contributed by atoms with E-state index < -0.39 is 0 Å². The molecule has 1 aromatic carbocycles. The van der Waals surface area contributed by atoms with Gasteiger partial charge in [-0.3, -0.25) is 0 Å². The largest absolute Gasteiger partial charge is 0.317 e. The third kappa shape index (κ3) is 4.49. The van der Waals surface area contributed by atoms with E-state index in [4.69, 9.17) is 0 Å². The highest BCUT2D eigenvalue weighted by atomic mass is 15.1. The molecular weight excluding hydrogens is 208 g/mol. The van der Waals surface area contributed by atoms with Crippen LogP contribution in [-0.4, -0.2) is 38.1 Å². The molecule has 1 aliphatic heterocycles. The highest BCUT2D eigenvalue weighted by molar-refractivity contribution is 5.14. The van der Waals surface area contributed by atoms with E-state index in [0.29, 0.717) is 0 Å². The molecule has 17 heavy (non-hydrogen) atoms. The summed E-state index contributed by atoms with van der Waals surface area (Å²) in [5, 5.41) is 3.43. The zero-order chi connectivity index (χ0) is 11.9. The fourth-order valence-corrected chi connectivity index (χ4v) is 2.56. The first kappa shape index (κ1) is 12.6. The van der Waals surface area contributed by atoms with Gasteiger partial charge in [0.05, 0.1) is 0 Å². The minimum Gasteiger partial charge on any atom is -0.317 e. The summed E-state index contributed by atoms with van der Waals surface area (Å²) in [5.41, 5.74) is 1.45. The van der Waals surface area contributed by atoms with Gasteiger partial charge in [0, 0.05) is 13.1 Å². The number of rotatable bonds is 5. The van der Waals surface area contributed by atoms with Gasteiger partial charge < -0.3 is 10.2 Å². The summed E-state index contributed by atoms with van der Waals surface area (Å²) in [4.78, 5) is 2.49. The van der Waals surface area contributed by atoms with E-state index in [1.54, 1.807) is 0 Å². The molecule has 1 N–H and O–H groups in total. The van der Waals surface area contributed by atoms with E-state index in [2.05, 4.69) is 47.6 Å². The van der Waals surface area contributed by atoms with Crippen molar-refractivity contribution in [2.24, 2.45) is 5.92 Å². The SMILES string of the molecule is CN(CCc1ccccc1)CC1CCNCC1. The molecule has 0 spiro atoms. The van der Waals surface area contributed by atoms with Crippen molar-refractivity contribution in [3.8, 4) is 0 Å². The zero-order valence-corrected chi connectivity index (χ0v) is 10.9. The van der Waals surface area contributed by atoms with Gasteiger partial charge in [-0.15, -0.1) is 0 Å². The first-order valence-electron chi connectivity index (χ1n) is 6.78. The van der Waals surface area contributed by atoms with E-state index in [1.807, 2.05) is 0 Å². The van der Waals surface area contributed by atoms with Gasteiger partial charge in [-0.25, -0.2) is 0 Å². The topological polar surface area (TPSA) is 15.3 Å². The molecule has 94 valence electrons. The van der Waals surface area contributed by atoms with E-state index in [1.165, 1.54) is 51.0 Å². The molecule has 2 nitrogen and oxygen atoms in total. The average molecular weight is 232 g/mol. The Morgan fingerprint density at radius 1 is 1.18 bits per heavy atom. The Hall–Kier alpha value is -0.860. The minimum atomic E-state index is 0.900. The lowest BCUT2D eigenvalue weighted by atomic mass is 9.97. The summed E-state index contributed by atoms with van der Waals surface area (Å²) < 4.78 is 0. The third-order valence-electron chi connectivity index (χ3n) is 3.65. The molecule has 0 amide bonds. The summed E-state index contributed by atoms with van der Waals surface area (Å²) in [5.74, 6) is 0.900. The molecule has 0 bridgehead atoms. The standard InChI is InChI=1S/C15H24N2/c1-17(13-15-7-10-16-11-8-15)12-9-14-5-3-2-4-6-14/h2-6,15-16H,7-13H2,1H3. The van der Waals surface area contributed by atoms with Gasteiger partial charge >= 0.3 is 0 Å². The first-order chi connectivity index (χ1) is 8.34. The second kappa shape index (κ2) is 6.77. The van der Waals surface area contributed by atoms with Gasteiger partial charge in [0.2, 0.25) is 0 Å². The lowest BCUT2D eigenvalue weighted by Gasteiger charge is -2.27. The Balaban J connectivity index is 1.68. The highest BCUT2D eigenvalue weighted by Crippen LogP contribution is 2.12. The van der Waals surface area contributed by atoms with Crippen LogP contribution in [0.15, 0.2) is 30.3 Å². The van der Waals surface area contributed by atoms with Crippen molar-refractivity contribution in [1.29, 1.82) is 0 Å². The van der Waals surface area contributed by atoms with Crippen LogP contribution in [-0.2, 0) is 6.42 Å². The summed E-state index contributed by atoms with van der Waals surface area (Å²) >= 11 is 0. The van der Waals surface area contributed by atoms with Crippen LogP contribution < -0.4 is 5.32 Å². The fraction of sp³-hybridized carbons (Fsp3) is 0.600. The summed E-state index contributed by atoms with van der Waals surface area (Å²) in [6.45, 7) is 4.84. The number of hydrogen-bond donors (Lipinski definition) is 1. The Morgan fingerprint density at radius 2 is 1.88 bits per heavy atom. The molecule has 1 saturated heterocycles. The number of benzene rings is 1. The summed E-state index contributed by atoms with van der Waals surface area (Å²) in [7, 11) is 2.25. The Morgan fingerprint density at radius 3 is 2.59 bits per heavy atom. The van der Waals surface area contributed by atoms with Crippen LogP contribution in [0, 0.1) is 5.92 Å². The van der Waals surface area contributed by atoms with E-state index in [-0.39, 0.29) is 0 Å². The Labute approximate surface area is 105 Å². The molecule has 1 aromatic rings. The molecule has 0 unspecified atom stereocenters. The van der Waals surface area contributed by atoms with Crippen molar-refractivity contribution in [1.82, 2.24) is 10.2 Å². The van der Waals surface area contributed by atoms with Crippen LogP contribution in [0.5, 0.6) is 0 Å². The van der Waals surface area contributed by atoms with Gasteiger partial charge in [0.25, 0.3) is 0 Å². The quantitative estimate of drug-likeness (QED) is 0.837. The molecule has 1 aliphatic rings. The second-order valence-corrected chi connectivity index (χ2v) is 5.19. The molecule has 0 atom stereocenters. The molecule has 2 rings (SSSR count). The average Bonchev–Trinajstić information content (AvgIpc) is 2.39. The molecule has 2 heteroatoms. The monoisotopic (exact) mass is 232 g/mol. The maximum absolute atomic E-state index is 3.43. The molecule has 0 saturated carbocycles.